The molecule has 11 heavy (non-hydrogen) atoms. The Hall–Kier alpha value is -1.25. The summed E-state index contributed by atoms with van der Waals surface area (Å²) < 4.78 is 0. The van der Waals surface area contributed by atoms with E-state index in [-0.39, 0.29) is 0 Å². The van der Waals surface area contributed by atoms with Crippen LogP contribution in [0.1, 0.15) is 0 Å². The molecule has 0 bridgehead atoms. The topological polar surface area (TPSA) is 18.8 Å². The van der Waals surface area contributed by atoms with Crippen LogP contribution in [0.2, 0.25) is 0 Å². The van der Waals surface area contributed by atoms with Crippen molar-refractivity contribution >= 4 is 6.21 Å². The number of hydrogen-bond donors (Lipinski definition) is 0. The maximum Gasteiger partial charge on any atom is 0.117 e. The zero-order valence-electron chi connectivity index (χ0n) is 7.41. The Kier molecular flexibility index (Phi) is 4.03. The van der Waals surface area contributed by atoms with Crippen LogP contribution in [0.25, 0.3) is 0 Å². The van der Waals surface area contributed by atoms with Crippen molar-refractivity contribution in [3.05, 3.63) is 25.1 Å². The number of allylic oxidation sites excluding steroid dienone is 1. The molecule has 0 heterocycles. The van der Waals surface area contributed by atoms with Crippen LogP contribution >= 0.6 is 0 Å². The molecule has 0 atom stereocenters. The third-order valence-corrected chi connectivity index (χ3v) is 1.24. The van der Waals surface area contributed by atoms with E-state index in [1.165, 1.54) is 0 Å². The molecule has 0 spiro atoms. The normalized spacial score (nSPS) is 9.73. The first-order valence-corrected chi connectivity index (χ1v) is 3.34. The molecule has 0 saturated carbocycles. The lowest BCUT2D eigenvalue weighted by Gasteiger charge is -2.22. The van der Waals surface area contributed by atoms with Crippen LogP contribution in [-0.2, 0) is 0 Å². The van der Waals surface area contributed by atoms with E-state index in [1.807, 2.05) is 26.0 Å². The summed E-state index contributed by atoms with van der Waals surface area (Å²) in [6.07, 6.45) is 3.24. The largest absolute Gasteiger partial charge is 0.363 e. The number of hydrazone groups is 1. The first kappa shape index (κ1) is 9.75. The lowest BCUT2D eigenvalue weighted by molar-refractivity contribution is 0.315. The predicted octanol–water partition coefficient (Wildman–Crippen LogP) is 1.12. The van der Waals surface area contributed by atoms with Crippen LogP contribution in [-0.4, -0.2) is 37.3 Å². The smallest absolute Gasteiger partial charge is 0.117 e. The number of hydrogen-bond acceptors (Lipinski definition) is 3. The third-order valence-electron chi connectivity index (χ3n) is 1.24. The summed E-state index contributed by atoms with van der Waals surface area (Å²) in [7, 11) is 5.67. The summed E-state index contributed by atoms with van der Waals surface area (Å²) in [5.41, 5.74) is 0. The van der Waals surface area contributed by atoms with Crippen molar-refractivity contribution in [3.8, 4) is 0 Å². The van der Waals surface area contributed by atoms with Crippen LogP contribution in [0.5, 0.6) is 0 Å². The van der Waals surface area contributed by atoms with Gasteiger partial charge in [0.2, 0.25) is 0 Å². The Morgan fingerprint density at radius 2 is 1.91 bits per heavy atom. The highest BCUT2D eigenvalue weighted by Gasteiger charge is 1.98. The van der Waals surface area contributed by atoms with E-state index in [0.717, 1.165) is 5.82 Å². The Morgan fingerprint density at radius 3 is 2.27 bits per heavy atom. The van der Waals surface area contributed by atoms with E-state index in [4.69, 9.17) is 0 Å². The van der Waals surface area contributed by atoms with Crippen molar-refractivity contribution in [1.82, 2.24) is 9.91 Å². The minimum atomic E-state index is 0.836. The van der Waals surface area contributed by atoms with Crippen molar-refractivity contribution in [2.75, 3.05) is 21.1 Å². The van der Waals surface area contributed by atoms with Gasteiger partial charge in [-0.2, -0.15) is 5.10 Å². The zero-order valence-corrected chi connectivity index (χ0v) is 7.41. The Balaban J connectivity index is 4.02. The molecule has 0 aromatic heterocycles. The van der Waals surface area contributed by atoms with Crippen molar-refractivity contribution < 1.29 is 0 Å². The van der Waals surface area contributed by atoms with Gasteiger partial charge in [-0.3, -0.25) is 5.01 Å². The standard InChI is InChI=1S/C8H15N3/c1-6-7-9-11(5)8(2)10(3)4/h6-7H,1-2H2,3-5H3/b9-7-. The quantitative estimate of drug-likeness (QED) is 0.445. The van der Waals surface area contributed by atoms with Gasteiger partial charge in [0.25, 0.3) is 0 Å². The summed E-state index contributed by atoms with van der Waals surface area (Å²) in [6, 6.07) is 0. The van der Waals surface area contributed by atoms with Crippen LogP contribution in [0.3, 0.4) is 0 Å². The monoisotopic (exact) mass is 153 g/mol. The van der Waals surface area contributed by atoms with E-state index in [1.54, 1.807) is 17.3 Å². The van der Waals surface area contributed by atoms with Crippen molar-refractivity contribution in [3.63, 3.8) is 0 Å². The molecule has 0 radical (unpaired) electrons. The Labute approximate surface area is 68.3 Å². The van der Waals surface area contributed by atoms with Gasteiger partial charge in [0.15, 0.2) is 0 Å². The SMILES string of the molecule is C=C/C=N\N(C)C(=C)N(C)C. The minimum absolute atomic E-state index is 0.836. The summed E-state index contributed by atoms with van der Waals surface area (Å²) >= 11 is 0. The molecule has 0 aliphatic heterocycles. The van der Waals surface area contributed by atoms with E-state index >= 15 is 0 Å². The highest BCUT2D eigenvalue weighted by molar-refractivity contribution is 5.69. The molecule has 0 saturated heterocycles. The fourth-order valence-electron chi connectivity index (χ4n) is 0.503. The molecule has 3 nitrogen and oxygen atoms in total. The van der Waals surface area contributed by atoms with Crippen LogP contribution < -0.4 is 0 Å². The highest BCUT2D eigenvalue weighted by Crippen LogP contribution is 1.99. The molecule has 3 heteroatoms. The van der Waals surface area contributed by atoms with Gasteiger partial charge in [-0.1, -0.05) is 13.2 Å². The summed E-state index contributed by atoms with van der Waals surface area (Å²) in [6.45, 7) is 7.33. The number of nitrogens with zero attached hydrogens (tertiary/aromatic N) is 3. The second kappa shape index (κ2) is 4.55. The summed E-state index contributed by atoms with van der Waals surface area (Å²) in [5, 5.41) is 5.70. The summed E-state index contributed by atoms with van der Waals surface area (Å²) in [4.78, 5) is 1.89. The second-order valence-electron chi connectivity index (χ2n) is 2.33. The van der Waals surface area contributed by atoms with Crippen LogP contribution in [0.4, 0.5) is 0 Å². The van der Waals surface area contributed by atoms with Gasteiger partial charge in [0.05, 0.1) is 0 Å². The minimum Gasteiger partial charge on any atom is -0.363 e. The number of rotatable bonds is 4. The molecule has 62 valence electrons. The van der Waals surface area contributed by atoms with E-state index in [9.17, 15) is 0 Å². The first-order chi connectivity index (χ1) is 5.09. The molecule has 0 N–H and O–H groups in total. The fourth-order valence-corrected chi connectivity index (χ4v) is 0.503. The molecule has 0 aromatic carbocycles. The molecule has 0 amide bonds. The zero-order chi connectivity index (χ0) is 8.85. The summed E-state index contributed by atoms with van der Waals surface area (Å²) in [5.74, 6) is 0.836. The van der Waals surface area contributed by atoms with Crippen LogP contribution in [0, 0.1) is 0 Å². The van der Waals surface area contributed by atoms with E-state index in [0.29, 0.717) is 0 Å². The van der Waals surface area contributed by atoms with Gasteiger partial charge in [-0.05, 0) is 6.08 Å². The predicted molar refractivity (Wildman–Crippen MR) is 49.3 cm³/mol. The average molecular weight is 153 g/mol. The molecule has 0 fully saturated rings. The van der Waals surface area contributed by atoms with E-state index in [2.05, 4.69) is 18.3 Å². The van der Waals surface area contributed by atoms with Gasteiger partial charge in [-0.15, -0.1) is 0 Å². The second-order valence-corrected chi connectivity index (χ2v) is 2.33. The van der Waals surface area contributed by atoms with Crippen molar-refractivity contribution in [2.24, 2.45) is 5.10 Å². The van der Waals surface area contributed by atoms with Gasteiger partial charge in [0.1, 0.15) is 5.82 Å². The third kappa shape index (κ3) is 3.45. The molecular weight excluding hydrogens is 138 g/mol. The van der Waals surface area contributed by atoms with Crippen molar-refractivity contribution in [1.29, 1.82) is 0 Å². The van der Waals surface area contributed by atoms with E-state index < -0.39 is 0 Å². The van der Waals surface area contributed by atoms with Gasteiger partial charge in [-0.25, -0.2) is 0 Å². The Bertz CT molecular complexity index is 170. The van der Waals surface area contributed by atoms with Gasteiger partial charge < -0.3 is 4.90 Å². The Morgan fingerprint density at radius 1 is 1.36 bits per heavy atom. The van der Waals surface area contributed by atoms with Crippen molar-refractivity contribution in [2.45, 2.75) is 0 Å². The van der Waals surface area contributed by atoms with Gasteiger partial charge in [0, 0.05) is 27.4 Å². The highest BCUT2D eigenvalue weighted by atomic mass is 15.5. The fraction of sp³-hybridized carbons (Fsp3) is 0.375. The molecule has 0 unspecified atom stereocenters. The molecule has 0 aliphatic carbocycles. The lowest BCUT2D eigenvalue weighted by Crippen LogP contribution is -2.22. The molecular formula is C8H15N3. The maximum absolute atomic E-state index is 4.01. The molecule has 0 aliphatic rings. The maximum atomic E-state index is 4.01. The average Bonchev–Trinajstić information content (AvgIpc) is 1.98. The first-order valence-electron chi connectivity index (χ1n) is 3.34. The van der Waals surface area contributed by atoms with Crippen LogP contribution in [0.15, 0.2) is 30.2 Å². The lowest BCUT2D eigenvalue weighted by atomic mass is 10.6. The molecule has 0 aromatic rings. The van der Waals surface area contributed by atoms with Gasteiger partial charge >= 0.3 is 0 Å². The molecule has 0 rings (SSSR count).